The molecule has 4 aromatic rings. The van der Waals surface area contributed by atoms with Crippen molar-refractivity contribution in [3.8, 4) is 0 Å². The van der Waals surface area contributed by atoms with Crippen molar-refractivity contribution in [2.75, 3.05) is 31.8 Å². The largest absolute Gasteiger partial charge is 0.472 e. The molecule has 0 aliphatic carbocycles. The monoisotopic (exact) mass is 610 g/mol. The molecule has 0 bridgehead atoms. The van der Waals surface area contributed by atoms with Crippen molar-refractivity contribution in [3.05, 3.63) is 25.3 Å². The van der Waals surface area contributed by atoms with Crippen LogP contribution in [0, 0.1) is 0 Å². The summed E-state index contributed by atoms with van der Waals surface area (Å²) in [6.07, 6.45) is -4.81. The van der Waals surface area contributed by atoms with E-state index in [0.29, 0.717) is 11.2 Å². The topological polar surface area (TPSA) is 283 Å². The normalized spacial score (nSPS) is 31.3. The van der Waals surface area contributed by atoms with E-state index >= 15 is 0 Å². The number of aliphatic hydroxyl groups is 3. The van der Waals surface area contributed by atoms with Gasteiger partial charge >= 0.3 is 7.82 Å². The molecule has 6 heterocycles. The minimum atomic E-state index is -4.96. The summed E-state index contributed by atoms with van der Waals surface area (Å²) in [6.45, 7) is -1.25. The summed E-state index contributed by atoms with van der Waals surface area (Å²) >= 11 is 0. The van der Waals surface area contributed by atoms with E-state index in [4.69, 9.17) is 34.7 Å². The number of ether oxygens (including phenoxy) is 3. The lowest BCUT2D eigenvalue weighted by atomic mass is 10.1. The molecule has 226 valence electrons. The average Bonchev–Trinajstić information content (AvgIpc) is 3.72. The molecule has 6 rings (SSSR count). The molecule has 0 radical (unpaired) electrons. The predicted octanol–water partition coefficient (Wildman–Crippen LogP) is -2.14. The van der Waals surface area contributed by atoms with E-state index in [9.17, 15) is 24.8 Å². The van der Waals surface area contributed by atoms with Crippen LogP contribution in [0.4, 0.5) is 11.6 Å². The fourth-order valence-corrected chi connectivity index (χ4v) is 5.94. The van der Waals surface area contributed by atoms with E-state index < -0.39 is 70.1 Å². The number of hydrogen-bond acceptors (Lipinski definition) is 17. The molecular weight excluding hydrogens is 583 g/mol. The molecule has 0 spiro atoms. The van der Waals surface area contributed by atoms with Gasteiger partial charge in [0.15, 0.2) is 35.4 Å². The molecule has 9 atom stereocenters. The molecule has 0 aromatic carbocycles. The second-order valence-corrected chi connectivity index (χ2v) is 10.9. The van der Waals surface area contributed by atoms with Crippen LogP contribution < -0.4 is 11.5 Å². The van der Waals surface area contributed by atoms with Crippen LogP contribution in [0.15, 0.2) is 25.3 Å². The third kappa shape index (κ3) is 4.86. The van der Waals surface area contributed by atoms with Gasteiger partial charge in [-0.05, 0) is 0 Å². The van der Waals surface area contributed by atoms with E-state index in [0.717, 1.165) is 0 Å². The molecule has 8 N–H and O–H groups in total. The third-order valence-corrected chi connectivity index (χ3v) is 8.04. The Morgan fingerprint density at radius 3 is 1.95 bits per heavy atom. The highest BCUT2D eigenvalue weighted by atomic mass is 31.2. The second kappa shape index (κ2) is 11.0. The highest BCUT2D eigenvalue weighted by molar-refractivity contribution is 7.47. The Labute approximate surface area is 235 Å². The van der Waals surface area contributed by atoms with Crippen molar-refractivity contribution in [2.24, 2.45) is 0 Å². The number of phosphoric ester groups is 1. The van der Waals surface area contributed by atoms with Crippen molar-refractivity contribution in [1.29, 1.82) is 0 Å². The number of aromatic nitrogens is 8. The number of hydrogen-bond donors (Lipinski definition) is 6. The van der Waals surface area contributed by atoms with Crippen LogP contribution in [0.3, 0.4) is 0 Å². The Hall–Kier alpha value is -3.43. The zero-order valence-corrected chi connectivity index (χ0v) is 22.7. The van der Waals surface area contributed by atoms with Gasteiger partial charge < -0.3 is 45.9 Å². The Morgan fingerprint density at radius 2 is 1.40 bits per heavy atom. The lowest BCUT2D eigenvalue weighted by Gasteiger charge is -2.25. The zero-order valence-electron chi connectivity index (χ0n) is 21.8. The molecule has 2 fully saturated rings. The molecule has 5 unspecified atom stereocenters. The first-order valence-corrected chi connectivity index (χ1v) is 14.0. The molecular formula is C21H27N10O10P. The maximum absolute atomic E-state index is 13.1. The molecule has 20 nitrogen and oxygen atoms in total. The summed E-state index contributed by atoms with van der Waals surface area (Å²) in [6, 6.07) is 0. The van der Waals surface area contributed by atoms with Gasteiger partial charge in [-0.15, -0.1) is 0 Å². The maximum Gasteiger partial charge on any atom is 0.472 e. The lowest BCUT2D eigenvalue weighted by Crippen LogP contribution is -2.36. The number of rotatable bonds is 9. The SMILES string of the molecule is COC1C(O)[C@@H](COP(=O)(O)OC2C(O)[C@@H](CO)O[C@H]2n2cnc3c(N)ncnc32)O[C@H]1n1cnc2c(N)ncnc21. The summed E-state index contributed by atoms with van der Waals surface area (Å²) in [7, 11) is -3.60. The third-order valence-electron chi connectivity index (χ3n) is 7.06. The van der Waals surface area contributed by atoms with Gasteiger partial charge in [-0.25, -0.2) is 34.5 Å². The van der Waals surface area contributed by atoms with Gasteiger partial charge in [0, 0.05) is 7.11 Å². The fraction of sp³-hybridized carbons (Fsp3) is 0.524. The molecule has 21 heteroatoms. The predicted molar refractivity (Wildman–Crippen MR) is 138 cm³/mol. The second-order valence-electron chi connectivity index (χ2n) is 9.49. The minimum absolute atomic E-state index is 0.0760. The number of imidazole rings is 2. The zero-order chi connectivity index (χ0) is 29.8. The first-order valence-electron chi connectivity index (χ1n) is 12.5. The summed E-state index contributed by atoms with van der Waals surface area (Å²) in [5.74, 6) is 0.218. The van der Waals surface area contributed by atoms with Crippen LogP contribution in [-0.2, 0) is 27.8 Å². The number of anilines is 2. The summed E-state index contributed by atoms with van der Waals surface area (Å²) in [5, 5.41) is 31.3. The van der Waals surface area contributed by atoms with E-state index in [-0.39, 0.29) is 22.8 Å². The van der Waals surface area contributed by atoms with Crippen LogP contribution in [0.1, 0.15) is 12.5 Å². The van der Waals surface area contributed by atoms with E-state index in [1.54, 1.807) is 0 Å². The summed E-state index contributed by atoms with van der Waals surface area (Å²) in [5.41, 5.74) is 12.7. The van der Waals surface area contributed by atoms with Crippen LogP contribution in [-0.4, -0.2) is 116 Å². The van der Waals surface area contributed by atoms with E-state index in [1.165, 1.54) is 41.6 Å². The van der Waals surface area contributed by atoms with Gasteiger partial charge in [0.1, 0.15) is 60.3 Å². The molecule has 2 aliphatic heterocycles. The highest BCUT2D eigenvalue weighted by Gasteiger charge is 2.51. The van der Waals surface area contributed by atoms with Crippen LogP contribution >= 0.6 is 7.82 Å². The lowest BCUT2D eigenvalue weighted by molar-refractivity contribution is -0.0644. The molecule has 0 saturated carbocycles. The van der Waals surface area contributed by atoms with Gasteiger partial charge in [-0.3, -0.25) is 18.2 Å². The molecule has 2 saturated heterocycles. The first-order chi connectivity index (χ1) is 20.1. The number of nitrogens with two attached hydrogens (primary N) is 2. The Morgan fingerprint density at radius 1 is 0.881 bits per heavy atom. The minimum Gasteiger partial charge on any atom is -0.394 e. The van der Waals surface area contributed by atoms with Crippen molar-refractivity contribution in [3.63, 3.8) is 0 Å². The van der Waals surface area contributed by atoms with Crippen molar-refractivity contribution < 1.29 is 48.0 Å². The Balaban J connectivity index is 1.19. The average molecular weight is 610 g/mol. The molecule has 0 amide bonds. The molecule has 2 aliphatic rings. The molecule has 42 heavy (non-hydrogen) atoms. The maximum atomic E-state index is 13.1. The standard InChI is InChI=1S/C21H27N10O10P/c1-37-14-13(34)9(40-20(14)30-6-28-10-16(22)24-4-26-18(10)30)3-38-42(35,36)41-15-12(33)8(2-32)39-21(15)31-7-29-11-17(23)25-5-27-19(11)31/h4-9,12-15,20-21,32-34H,2-3H2,1H3,(H,35,36)(H2,22,24,26)(H2,23,25,27)/t8-,9-,12?,13?,14?,15?,20-,21-/m1/s1. The summed E-state index contributed by atoms with van der Waals surface area (Å²) < 4.78 is 43.4. The number of aliphatic hydroxyl groups excluding tert-OH is 3. The van der Waals surface area contributed by atoms with Crippen molar-refractivity contribution >= 4 is 41.8 Å². The first kappa shape index (κ1) is 28.7. The van der Waals surface area contributed by atoms with Crippen molar-refractivity contribution in [2.45, 2.75) is 49.1 Å². The fourth-order valence-electron chi connectivity index (χ4n) is 5.01. The quantitative estimate of drug-likeness (QED) is 0.110. The van der Waals surface area contributed by atoms with Crippen LogP contribution in [0.2, 0.25) is 0 Å². The number of phosphoric acid groups is 1. The number of methoxy groups -OCH3 is 1. The Kier molecular flexibility index (Phi) is 7.51. The highest BCUT2D eigenvalue weighted by Crippen LogP contribution is 2.50. The van der Waals surface area contributed by atoms with E-state index in [2.05, 4.69) is 29.9 Å². The Bertz CT molecular complexity index is 1640. The van der Waals surface area contributed by atoms with Crippen molar-refractivity contribution in [1.82, 2.24) is 39.0 Å². The van der Waals surface area contributed by atoms with Gasteiger partial charge in [0.05, 0.1) is 25.9 Å². The van der Waals surface area contributed by atoms with Crippen LogP contribution in [0.25, 0.3) is 22.3 Å². The number of fused-ring (bicyclic) bond motifs is 2. The van der Waals surface area contributed by atoms with Gasteiger partial charge in [0.25, 0.3) is 0 Å². The number of nitrogen functional groups attached to an aromatic ring is 2. The van der Waals surface area contributed by atoms with Gasteiger partial charge in [-0.1, -0.05) is 0 Å². The van der Waals surface area contributed by atoms with Crippen LogP contribution in [0.5, 0.6) is 0 Å². The molecule has 4 aromatic heterocycles. The van der Waals surface area contributed by atoms with Gasteiger partial charge in [0.2, 0.25) is 0 Å². The smallest absolute Gasteiger partial charge is 0.394 e. The number of nitrogens with zero attached hydrogens (tertiary/aromatic N) is 8. The van der Waals surface area contributed by atoms with Gasteiger partial charge in [-0.2, -0.15) is 0 Å². The van der Waals surface area contributed by atoms with E-state index in [1.807, 2.05) is 0 Å². The summed E-state index contributed by atoms with van der Waals surface area (Å²) in [4.78, 5) is 34.9.